The van der Waals surface area contributed by atoms with Crippen molar-refractivity contribution < 1.29 is 0 Å². The fraction of sp³-hybridized carbons (Fsp3) is 0.750. The van der Waals surface area contributed by atoms with Gasteiger partial charge in [-0.25, -0.2) is 0 Å². The maximum atomic E-state index is 6.25. The molecule has 1 aromatic heterocycles. The van der Waals surface area contributed by atoms with Crippen molar-refractivity contribution in [2.45, 2.75) is 53.1 Å². The average Bonchev–Trinajstić information content (AvgIpc) is 2.55. The van der Waals surface area contributed by atoms with E-state index in [4.69, 9.17) is 17.3 Å². The van der Waals surface area contributed by atoms with Crippen molar-refractivity contribution in [1.82, 2.24) is 9.78 Å². The van der Waals surface area contributed by atoms with Crippen LogP contribution in [-0.4, -0.2) is 15.8 Å². The number of rotatable bonds is 5. The van der Waals surface area contributed by atoms with Crippen molar-refractivity contribution >= 4 is 11.6 Å². The Morgan fingerprint density at radius 3 is 2.56 bits per heavy atom. The Morgan fingerprint density at radius 2 is 2.06 bits per heavy atom. The van der Waals surface area contributed by atoms with E-state index in [1.54, 1.807) is 0 Å². The summed E-state index contributed by atoms with van der Waals surface area (Å²) in [5.41, 5.74) is 8.14. The van der Waals surface area contributed by atoms with Crippen LogP contribution in [0.3, 0.4) is 0 Å². The first-order chi connectivity index (χ1) is 7.51. The largest absolute Gasteiger partial charge is 0.327 e. The number of nitrogens with two attached hydrogens (primary N) is 1. The number of aromatic nitrogens is 2. The number of hydrogen-bond donors (Lipinski definition) is 1. The molecule has 1 heterocycles. The first kappa shape index (κ1) is 13.5. The van der Waals surface area contributed by atoms with Gasteiger partial charge in [-0.05, 0) is 19.8 Å². The SMILES string of the molecule is CCC(C)C(N)Cc1c(Cl)c(C)nn1CC. The second kappa shape index (κ2) is 5.69. The summed E-state index contributed by atoms with van der Waals surface area (Å²) in [6, 6.07) is 0.156. The topological polar surface area (TPSA) is 43.8 Å². The molecule has 0 saturated carbocycles. The first-order valence-electron chi connectivity index (χ1n) is 5.98. The van der Waals surface area contributed by atoms with Gasteiger partial charge in [-0.2, -0.15) is 5.10 Å². The third kappa shape index (κ3) is 2.77. The lowest BCUT2D eigenvalue weighted by atomic mass is 9.96. The van der Waals surface area contributed by atoms with Crippen LogP contribution in [0.1, 0.15) is 38.6 Å². The molecule has 0 aliphatic heterocycles. The zero-order valence-corrected chi connectivity index (χ0v) is 11.4. The van der Waals surface area contributed by atoms with Crippen LogP contribution in [0.25, 0.3) is 0 Å². The molecule has 2 atom stereocenters. The third-order valence-electron chi connectivity index (χ3n) is 3.26. The molecule has 0 aliphatic rings. The highest BCUT2D eigenvalue weighted by Crippen LogP contribution is 2.23. The van der Waals surface area contributed by atoms with E-state index in [0.29, 0.717) is 5.92 Å². The first-order valence-corrected chi connectivity index (χ1v) is 6.36. The van der Waals surface area contributed by atoms with Crippen molar-refractivity contribution in [3.63, 3.8) is 0 Å². The Kier molecular flexibility index (Phi) is 4.81. The second-order valence-corrected chi connectivity index (χ2v) is 4.79. The number of hydrogen-bond acceptors (Lipinski definition) is 2. The lowest BCUT2D eigenvalue weighted by Gasteiger charge is -2.18. The maximum Gasteiger partial charge on any atom is 0.0847 e. The highest BCUT2D eigenvalue weighted by Gasteiger charge is 2.18. The lowest BCUT2D eigenvalue weighted by molar-refractivity contribution is 0.428. The zero-order chi connectivity index (χ0) is 12.3. The Morgan fingerprint density at radius 1 is 1.44 bits per heavy atom. The molecule has 1 aromatic rings. The Labute approximate surface area is 103 Å². The minimum Gasteiger partial charge on any atom is -0.327 e. The molecule has 0 radical (unpaired) electrons. The van der Waals surface area contributed by atoms with Gasteiger partial charge < -0.3 is 5.73 Å². The van der Waals surface area contributed by atoms with E-state index in [1.807, 2.05) is 11.6 Å². The van der Waals surface area contributed by atoms with E-state index >= 15 is 0 Å². The van der Waals surface area contributed by atoms with E-state index in [0.717, 1.165) is 35.8 Å². The van der Waals surface area contributed by atoms with E-state index < -0.39 is 0 Å². The average molecular weight is 244 g/mol. The summed E-state index contributed by atoms with van der Waals surface area (Å²) in [7, 11) is 0. The molecular formula is C12H22ClN3. The number of nitrogens with zero attached hydrogens (tertiary/aromatic N) is 2. The molecule has 4 heteroatoms. The van der Waals surface area contributed by atoms with E-state index in [9.17, 15) is 0 Å². The highest BCUT2D eigenvalue weighted by atomic mass is 35.5. The highest BCUT2D eigenvalue weighted by molar-refractivity contribution is 6.31. The molecule has 0 saturated heterocycles. The van der Waals surface area contributed by atoms with Crippen LogP contribution in [0.15, 0.2) is 0 Å². The molecule has 0 aromatic carbocycles. The quantitative estimate of drug-likeness (QED) is 0.864. The minimum atomic E-state index is 0.156. The van der Waals surface area contributed by atoms with Crippen molar-refractivity contribution in [2.75, 3.05) is 0 Å². The molecule has 0 fully saturated rings. The summed E-state index contributed by atoms with van der Waals surface area (Å²) in [6.45, 7) is 9.19. The molecule has 2 N–H and O–H groups in total. The van der Waals surface area contributed by atoms with Gasteiger partial charge in [-0.15, -0.1) is 0 Å². The van der Waals surface area contributed by atoms with Crippen LogP contribution in [-0.2, 0) is 13.0 Å². The predicted molar refractivity (Wildman–Crippen MR) is 68.8 cm³/mol. The molecular weight excluding hydrogens is 222 g/mol. The van der Waals surface area contributed by atoms with Gasteiger partial charge in [0.2, 0.25) is 0 Å². The van der Waals surface area contributed by atoms with Crippen LogP contribution >= 0.6 is 11.6 Å². The van der Waals surface area contributed by atoms with Gasteiger partial charge in [-0.1, -0.05) is 31.9 Å². The Hall–Kier alpha value is -0.540. The smallest absolute Gasteiger partial charge is 0.0847 e. The fourth-order valence-electron chi connectivity index (χ4n) is 1.79. The van der Waals surface area contributed by atoms with Crippen LogP contribution in [0, 0.1) is 12.8 Å². The van der Waals surface area contributed by atoms with Gasteiger partial charge in [-0.3, -0.25) is 4.68 Å². The van der Waals surface area contributed by atoms with Gasteiger partial charge >= 0.3 is 0 Å². The molecule has 0 spiro atoms. The van der Waals surface area contributed by atoms with Crippen molar-refractivity contribution in [2.24, 2.45) is 11.7 Å². The second-order valence-electron chi connectivity index (χ2n) is 4.42. The summed E-state index contributed by atoms with van der Waals surface area (Å²) >= 11 is 6.25. The van der Waals surface area contributed by atoms with Gasteiger partial charge in [0.15, 0.2) is 0 Å². The minimum absolute atomic E-state index is 0.156. The molecule has 0 bridgehead atoms. The monoisotopic (exact) mass is 243 g/mol. The fourth-order valence-corrected chi connectivity index (χ4v) is 2.00. The van der Waals surface area contributed by atoms with Crippen LogP contribution in [0.2, 0.25) is 5.02 Å². The van der Waals surface area contributed by atoms with Crippen LogP contribution in [0.5, 0.6) is 0 Å². The summed E-state index contributed by atoms with van der Waals surface area (Å²) in [6.07, 6.45) is 1.90. The normalized spacial score (nSPS) is 15.1. The van der Waals surface area contributed by atoms with E-state index in [2.05, 4.69) is 25.9 Å². The molecule has 1 rings (SSSR count). The zero-order valence-electron chi connectivity index (χ0n) is 10.6. The Balaban J connectivity index is 2.87. The molecule has 0 amide bonds. The van der Waals surface area contributed by atoms with Crippen molar-refractivity contribution in [1.29, 1.82) is 0 Å². The maximum absolute atomic E-state index is 6.25. The van der Waals surface area contributed by atoms with Crippen LogP contribution < -0.4 is 5.73 Å². The summed E-state index contributed by atoms with van der Waals surface area (Å²) in [5, 5.41) is 5.17. The summed E-state index contributed by atoms with van der Waals surface area (Å²) < 4.78 is 1.96. The molecule has 16 heavy (non-hydrogen) atoms. The van der Waals surface area contributed by atoms with Crippen molar-refractivity contribution in [3.05, 3.63) is 16.4 Å². The summed E-state index contributed by atoms with van der Waals surface area (Å²) in [5.74, 6) is 0.511. The van der Waals surface area contributed by atoms with Crippen LogP contribution in [0.4, 0.5) is 0 Å². The molecule has 3 nitrogen and oxygen atoms in total. The molecule has 92 valence electrons. The predicted octanol–water partition coefficient (Wildman–Crippen LogP) is 2.78. The summed E-state index contributed by atoms with van der Waals surface area (Å²) in [4.78, 5) is 0. The van der Waals surface area contributed by atoms with Gasteiger partial charge in [0.25, 0.3) is 0 Å². The number of halogens is 1. The van der Waals surface area contributed by atoms with Gasteiger partial charge in [0.05, 0.1) is 16.4 Å². The van der Waals surface area contributed by atoms with E-state index in [1.165, 1.54) is 0 Å². The van der Waals surface area contributed by atoms with Gasteiger partial charge in [0, 0.05) is 19.0 Å². The third-order valence-corrected chi connectivity index (χ3v) is 3.75. The van der Waals surface area contributed by atoms with Gasteiger partial charge in [0.1, 0.15) is 0 Å². The van der Waals surface area contributed by atoms with E-state index in [-0.39, 0.29) is 6.04 Å². The Bertz CT molecular complexity index is 346. The molecule has 2 unspecified atom stereocenters. The van der Waals surface area contributed by atoms with Crippen molar-refractivity contribution in [3.8, 4) is 0 Å². The standard InChI is InChI=1S/C12H22ClN3/c1-5-8(3)10(14)7-11-12(13)9(4)15-16(11)6-2/h8,10H,5-7,14H2,1-4H3. The lowest BCUT2D eigenvalue weighted by Crippen LogP contribution is -2.31. The number of aryl methyl sites for hydroxylation is 2. The molecule has 0 aliphatic carbocycles.